The molecule has 0 unspecified atom stereocenters. The van der Waals surface area contributed by atoms with Crippen LogP contribution < -0.4 is 4.90 Å². The van der Waals surface area contributed by atoms with E-state index in [1.54, 1.807) is 12.5 Å². The van der Waals surface area contributed by atoms with E-state index in [1.807, 2.05) is 10.6 Å². The maximum absolute atomic E-state index is 6.06. The summed E-state index contributed by atoms with van der Waals surface area (Å²) >= 11 is 0. The zero-order valence-electron chi connectivity index (χ0n) is 13.9. The highest BCUT2D eigenvalue weighted by atomic mass is 16.5. The van der Waals surface area contributed by atoms with E-state index in [-0.39, 0.29) is 6.10 Å². The number of hydrogen-bond acceptors (Lipinski definition) is 6. The predicted octanol–water partition coefficient (Wildman–Crippen LogP) is 1.21. The number of ether oxygens (including phenoxy) is 1. The highest BCUT2D eigenvalue weighted by Gasteiger charge is 2.41. The molecule has 0 radical (unpaired) electrons. The van der Waals surface area contributed by atoms with Gasteiger partial charge in [0.05, 0.1) is 18.8 Å². The smallest absolute Gasteiger partial charge is 0.203 e. The third kappa shape index (κ3) is 2.65. The number of morpholine rings is 1. The fourth-order valence-electron chi connectivity index (χ4n) is 3.91. The van der Waals surface area contributed by atoms with Crippen LogP contribution in [0.2, 0.25) is 0 Å². The third-order valence-electron chi connectivity index (χ3n) is 5.14. The first kappa shape index (κ1) is 14.8. The van der Waals surface area contributed by atoms with Crippen molar-refractivity contribution in [3.63, 3.8) is 0 Å². The van der Waals surface area contributed by atoms with Crippen LogP contribution in [0.3, 0.4) is 0 Å². The van der Waals surface area contributed by atoms with Crippen LogP contribution in [0.1, 0.15) is 5.56 Å². The Hall–Kier alpha value is -2.51. The van der Waals surface area contributed by atoms with Gasteiger partial charge in [0.25, 0.3) is 0 Å². The molecule has 7 nitrogen and oxygen atoms in total. The number of fused-ring (bicyclic) bond motifs is 2. The zero-order valence-corrected chi connectivity index (χ0v) is 13.9. The zero-order chi connectivity index (χ0) is 16.6. The number of rotatable bonds is 3. The average Bonchev–Trinajstić information content (AvgIpc) is 3.29. The summed E-state index contributed by atoms with van der Waals surface area (Å²) in [5.41, 5.74) is 2.15. The van der Waals surface area contributed by atoms with E-state index in [0.29, 0.717) is 6.04 Å². The van der Waals surface area contributed by atoms with Crippen LogP contribution in [0.25, 0.3) is 5.65 Å². The molecule has 2 saturated heterocycles. The van der Waals surface area contributed by atoms with Crippen molar-refractivity contribution in [3.05, 3.63) is 54.6 Å². The van der Waals surface area contributed by atoms with E-state index in [2.05, 4.69) is 55.3 Å². The molecular formula is C18H20N6O. The topological polar surface area (TPSA) is 58.8 Å². The Bertz CT molecular complexity index is 866. The Kier molecular flexibility index (Phi) is 3.61. The van der Waals surface area contributed by atoms with Crippen molar-refractivity contribution in [2.24, 2.45) is 0 Å². The second kappa shape index (κ2) is 6.09. The first-order chi connectivity index (χ1) is 12.4. The molecule has 4 heterocycles. The molecule has 0 spiro atoms. The van der Waals surface area contributed by atoms with Crippen molar-refractivity contribution in [3.8, 4) is 0 Å². The molecule has 3 aromatic rings. The van der Waals surface area contributed by atoms with Crippen molar-refractivity contribution < 1.29 is 4.74 Å². The fourth-order valence-corrected chi connectivity index (χ4v) is 3.91. The van der Waals surface area contributed by atoms with Crippen LogP contribution in [0.5, 0.6) is 0 Å². The summed E-state index contributed by atoms with van der Waals surface area (Å²) in [6.45, 7) is 4.45. The Balaban J connectivity index is 1.39. The van der Waals surface area contributed by atoms with Gasteiger partial charge in [0.15, 0.2) is 5.82 Å². The molecule has 0 N–H and O–H groups in total. The second-order valence-corrected chi connectivity index (χ2v) is 6.65. The number of anilines is 1. The van der Waals surface area contributed by atoms with Crippen LogP contribution in [-0.4, -0.2) is 62.9 Å². The Morgan fingerprint density at radius 2 is 2.08 bits per heavy atom. The quantitative estimate of drug-likeness (QED) is 0.717. The minimum atomic E-state index is 0.211. The van der Waals surface area contributed by atoms with Crippen molar-refractivity contribution in [1.29, 1.82) is 0 Å². The van der Waals surface area contributed by atoms with Gasteiger partial charge in [0.2, 0.25) is 5.65 Å². The molecule has 25 heavy (non-hydrogen) atoms. The second-order valence-electron chi connectivity index (χ2n) is 6.65. The number of nitrogens with zero attached hydrogens (tertiary/aromatic N) is 6. The van der Waals surface area contributed by atoms with Gasteiger partial charge >= 0.3 is 0 Å². The van der Waals surface area contributed by atoms with E-state index < -0.39 is 0 Å². The summed E-state index contributed by atoms with van der Waals surface area (Å²) in [5, 5.41) is 8.22. The summed E-state index contributed by atoms with van der Waals surface area (Å²) in [6.07, 6.45) is 5.60. The normalized spacial score (nSPS) is 23.9. The van der Waals surface area contributed by atoms with Gasteiger partial charge in [-0.25, -0.2) is 4.98 Å². The third-order valence-corrected chi connectivity index (χ3v) is 5.14. The number of benzene rings is 1. The Morgan fingerprint density at radius 3 is 3.00 bits per heavy atom. The van der Waals surface area contributed by atoms with Crippen LogP contribution in [0, 0.1) is 0 Å². The monoisotopic (exact) mass is 336 g/mol. The molecule has 0 saturated carbocycles. The van der Waals surface area contributed by atoms with Crippen LogP contribution in [0.4, 0.5) is 5.82 Å². The number of hydrogen-bond donors (Lipinski definition) is 0. The fraction of sp³-hybridized carbons (Fsp3) is 0.389. The SMILES string of the molecule is c1ccc(CN2CCO[C@@H]3CN(c4nccn5cnnc45)C[C@H]32)cc1. The van der Waals surface area contributed by atoms with Crippen molar-refractivity contribution in [2.75, 3.05) is 31.1 Å². The van der Waals surface area contributed by atoms with Crippen molar-refractivity contribution in [1.82, 2.24) is 24.5 Å². The largest absolute Gasteiger partial charge is 0.373 e. The van der Waals surface area contributed by atoms with Crippen molar-refractivity contribution >= 4 is 11.5 Å². The standard InChI is InChI=1S/C18H20N6O/c1-2-4-14(5-3-1)10-22-8-9-25-16-12-24(11-15(16)22)17-18-21-20-13-23(18)7-6-19-17/h1-7,13,15-16H,8-12H2/t15-,16-/m1/s1. The highest BCUT2D eigenvalue weighted by Crippen LogP contribution is 2.28. The van der Waals surface area contributed by atoms with Crippen LogP contribution >= 0.6 is 0 Å². The minimum absolute atomic E-state index is 0.211. The lowest BCUT2D eigenvalue weighted by atomic mass is 10.1. The van der Waals surface area contributed by atoms with Gasteiger partial charge in [0.1, 0.15) is 6.33 Å². The van der Waals surface area contributed by atoms with Crippen molar-refractivity contribution in [2.45, 2.75) is 18.7 Å². The van der Waals surface area contributed by atoms with E-state index in [0.717, 1.165) is 44.3 Å². The summed E-state index contributed by atoms with van der Waals surface area (Å²) in [7, 11) is 0. The summed E-state index contributed by atoms with van der Waals surface area (Å²) in [5.74, 6) is 0.887. The molecule has 128 valence electrons. The highest BCUT2D eigenvalue weighted by molar-refractivity contribution is 5.64. The Labute approximate surface area is 145 Å². The lowest BCUT2D eigenvalue weighted by Crippen LogP contribution is -2.50. The van der Waals surface area contributed by atoms with E-state index in [9.17, 15) is 0 Å². The molecule has 2 aromatic heterocycles. The van der Waals surface area contributed by atoms with Gasteiger partial charge in [-0.2, -0.15) is 0 Å². The molecule has 2 fully saturated rings. The summed E-state index contributed by atoms with van der Waals surface area (Å²) < 4.78 is 7.97. The Morgan fingerprint density at radius 1 is 1.16 bits per heavy atom. The molecule has 0 aliphatic carbocycles. The van der Waals surface area contributed by atoms with Gasteiger partial charge in [-0.1, -0.05) is 30.3 Å². The van der Waals surface area contributed by atoms with Gasteiger partial charge in [0, 0.05) is 38.6 Å². The lowest BCUT2D eigenvalue weighted by molar-refractivity contribution is -0.0499. The van der Waals surface area contributed by atoms with E-state index in [4.69, 9.17) is 4.74 Å². The first-order valence-electron chi connectivity index (χ1n) is 8.67. The maximum atomic E-state index is 6.06. The molecule has 0 bridgehead atoms. The average molecular weight is 336 g/mol. The van der Waals surface area contributed by atoms with E-state index in [1.165, 1.54) is 5.56 Å². The minimum Gasteiger partial charge on any atom is -0.373 e. The molecule has 1 aromatic carbocycles. The molecule has 2 aliphatic heterocycles. The van der Waals surface area contributed by atoms with Gasteiger partial charge in [-0.05, 0) is 5.56 Å². The molecule has 5 rings (SSSR count). The number of aromatic nitrogens is 4. The van der Waals surface area contributed by atoms with Crippen LogP contribution in [0.15, 0.2) is 49.1 Å². The molecular weight excluding hydrogens is 316 g/mol. The molecule has 0 amide bonds. The maximum Gasteiger partial charge on any atom is 0.203 e. The summed E-state index contributed by atoms with van der Waals surface area (Å²) in [4.78, 5) is 9.37. The molecule has 2 atom stereocenters. The van der Waals surface area contributed by atoms with Gasteiger partial charge < -0.3 is 9.64 Å². The summed E-state index contributed by atoms with van der Waals surface area (Å²) in [6, 6.07) is 11.0. The van der Waals surface area contributed by atoms with Gasteiger partial charge in [-0.15, -0.1) is 10.2 Å². The first-order valence-corrected chi connectivity index (χ1v) is 8.67. The molecule has 7 heteroatoms. The predicted molar refractivity (Wildman–Crippen MR) is 93.4 cm³/mol. The molecule has 2 aliphatic rings. The lowest BCUT2D eigenvalue weighted by Gasteiger charge is -2.36. The van der Waals surface area contributed by atoms with E-state index >= 15 is 0 Å². The van der Waals surface area contributed by atoms with Gasteiger partial charge in [-0.3, -0.25) is 9.30 Å². The van der Waals surface area contributed by atoms with Crippen LogP contribution in [-0.2, 0) is 11.3 Å².